The third kappa shape index (κ3) is 4.56. The van der Waals surface area contributed by atoms with Crippen molar-refractivity contribution in [2.45, 2.75) is 25.1 Å². The second-order valence-corrected chi connectivity index (χ2v) is 7.19. The number of fused-ring (bicyclic) bond motifs is 1. The highest BCUT2D eigenvalue weighted by Gasteiger charge is 2.46. The number of hydrogen-bond acceptors (Lipinski definition) is 7. The molecule has 1 atom stereocenters. The minimum atomic E-state index is -5.08. The summed E-state index contributed by atoms with van der Waals surface area (Å²) in [6.45, 7) is 3.11. The first-order valence-corrected chi connectivity index (χ1v) is 9.62. The molecule has 3 aliphatic heterocycles. The van der Waals surface area contributed by atoms with E-state index < -0.39 is 35.9 Å². The van der Waals surface area contributed by atoms with E-state index in [0.29, 0.717) is 11.1 Å². The topological polar surface area (TPSA) is 136 Å². The SMILES string of the molecule is O=C(O)C(F)(F)F.O=C1CCC(N2C(=O)c3cccc(N4CCNCC4)c3C2=O)C(=O)N1. The van der Waals surface area contributed by atoms with Gasteiger partial charge in [0.15, 0.2) is 0 Å². The zero-order chi connectivity index (χ0) is 23.6. The van der Waals surface area contributed by atoms with Crippen LogP contribution in [0.25, 0.3) is 0 Å². The molecule has 0 aliphatic carbocycles. The fourth-order valence-electron chi connectivity index (χ4n) is 3.67. The van der Waals surface area contributed by atoms with Gasteiger partial charge in [-0.1, -0.05) is 6.07 Å². The number of carbonyl (C=O) groups is 5. The number of carbonyl (C=O) groups excluding carboxylic acids is 4. The fraction of sp³-hybridized carbons (Fsp3) is 0.421. The molecular weight excluding hydrogens is 437 g/mol. The molecule has 4 amide bonds. The van der Waals surface area contributed by atoms with Crippen LogP contribution in [0.4, 0.5) is 18.9 Å². The quantitative estimate of drug-likeness (QED) is 0.535. The van der Waals surface area contributed by atoms with Crippen molar-refractivity contribution in [3.63, 3.8) is 0 Å². The highest BCUT2D eigenvalue weighted by molar-refractivity contribution is 6.25. The average molecular weight is 456 g/mol. The van der Waals surface area contributed by atoms with Gasteiger partial charge in [0, 0.05) is 32.6 Å². The number of anilines is 1. The zero-order valence-corrected chi connectivity index (χ0v) is 16.6. The molecule has 172 valence electrons. The van der Waals surface area contributed by atoms with Crippen molar-refractivity contribution in [3.8, 4) is 0 Å². The summed E-state index contributed by atoms with van der Waals surface area (Å²) in [7, 11) is 0. The summed E-state index contributed by atoms with van der Waals surface area (Å²) in [5.74, 6) is -4.64. The lowest BCUT2D eigenvalue weighted by atomic mass is 10.0. The second kappa shape index (κ2) is 8.94. The van der Waals surface area contributed by atoms with Crippen molar-refractivity contribution in [3.05, 3.63) is 29.3 Å². The van der Waals surface area contributed by atoms with E-state index in [-0.39, 0.29) is 18.7 Å². The Morgan fingerprint density at radius 3 is 2.25 bits per heavy atom. The number of nitrogens with one attached hydrogen (secondary N) is 2. The lowest BCUT2D eigenvalue weighted by Crippen LogP contribution is -2.54. The maximum absolute atomic E-state index is 13.0. The highest BCUT2D eigenvalue weighted by Crippen LogP contribution is 2.34. The van der Waals surface area contributed by atoms with Crippen molar-refractivity contribution in [1.29, 1.82) is 0 Å². The van der Waals surface area contributed by atoms with Crippen molar-refractivity contribution < 1.29 is 42.3 Å². The van der Waals surface area contributed by atoms with Gasteiger partial charge in [0.05, 0.1) is 16.8 Å². The van der Waals surface area contributed by atoms with Gasteiger partial charge in [-0.05, 0) is 18.6 Å². The number of aliphatic carboxylic acids is 1. The van der Waals surface area contributed by atoms with Crippen LogP contribution in [0.2, 0.25) is 0 Å². The number of rotatable bonds is 2. The van der Waals surface area contributed by atoms with Crippen LogP contribution < -0.4 is 15.5 Å². The Bertz CT molecular complexity index is 974. The third-order valence-electron chi connectivity index (χ3n) is 5.15. The van der Waals surface area contributed by atoms with Crippen LogP contribution in [0.1, 0.15) is 33.6 Å². The van der Waals surface area contributed by atoms with Gasteiger partial charge in [-0.2, -0.15) is 13.2 Å². The minimum absolute atomic E-state index is 0.120. The Labute approximate surface area is 179 Å². The Morgan fingerprint density at radius 2 is 1.69 bits per heavy atom. The number of hydrogen-bond donors (Lipinski definition) is 3. The smallest absolute Gasteiger partial charge is 0.475 e. The van der Waals surface area contributed by atoms with Crippen LogP contribution >= 0.6 is 0 Å². The Morgan fingerprint density at radius 1 is 1.06 bits per heavy atom. The number of halogens is 3. The molecule has 3 N–H and O–H groups in total. The molecule has 0 aromatic heterocycles. The predicted octanol–water partition coefficient (Wildman–Crippen LogP) is 0.131. The number of carboxylic acids is 1. The lowest BCUT2D eigenvalue weighted by molar-refractivity contribution is -0.192. The van der Waals surface area contributed by atoms with Crippen LogP contribution in [-0.2, 0) is 14.4 Å². The number of alkyl halides is 3. The van der Waals surface area contributed by atoms with Crippen LogP contribution in [0.3, 0.4) is 0 Å². The van der Waals surface area contributed by atoms with Crippen LogP contribution in [0, 0.1) is 0 Å². The van der Waals surface area contributed by atoms with Gasteiger partial charge in [-0.25, -0.2) is 4.79 Å². The largest absolute Gasteiger partial charge is 0.490 e. The van der Waals surface area contributed by atoms with E-state index in [0.717, 1.165) is 36.8 Å². The van der Waals surface area contributed by atoms with Gasteiger partial charge in [-0.3, -0.25) is 29.4 Å². The Kier molecular flexibility index (Phi) is 6.48. The summed E-state index contributed by atoms with van der Waals surface area (Å²) in [5, 5.41) is 12.6. The number of nitrogens with zero attached hydrogens (tertiary/aromatic N) is 2. The number of benzene rings is 1. The van der Waals surface area contributed by atoms with E-state index >= 15 is 0 Å². The second-order valence-electron chi connectivity index (χ2n) is 7.19. The third-order valence-corrected chi connectivity index (χ3v) is 5.15. The number of piperidine rings is 1. The molecule has 10 nitrogen and oxygen atoms in total. The van der Waals surface area contributed by atoms with Crippen molar-refractivity contribution >= 4 is 35.3 Å². The normalized spacial score (nSPS) is 21.0. The molecule has 1 aromatic rings. The molecule has 0 radical (unpaired) electrons. The van der Waals surface area contributed by atoms with Gasteiger partial charge < -0.3 is 15.3 Å². The molecule has 3 heterocycles. The monoisotopic (exact) mass is 456 g/mol. The maximum atomic E-state index is 13.0. The first kappa shape index (κ1) is 23.2. The van der Waals surface area contributed by atoms with Gasteiger partial charge >= 0.3 is 12.1 Å². The number of imide groups is 2. The molecule has 2 saturated heterocycles. The summed E-state index contributed by atoms with van der Waals surface area (Å²) < 4.78 is 31.7. The highest BCUT2D eigenvalue weighted by atomic mass is 19.4. The standard InChI is InChI=1S/C17H18N4O4.C2HF3O2/c22-13-5-4-12(15(23)19-13)21-16(24)10-2-1-3-11(14(10)17(21)25)20-8-6-18-7-9-20;3-2(4,5)1(6)7/h1-3,12,18H,4-9H2,(H,19,22,23);(H,6,7). The van der Waals surface area contributed by atoms with E-state index in [2.05, 4.69) is 15.5 Å². The first-order valence-electron chi connectivity index (χ1n) is 9.62. The maximum Gasteiger partial charge on any atom is 0.490 e. The van der Waals surface area contributed by atoms with E-state index in [1.807, 2.05) is 6.07 Å². The number of carboxylic acid groups (broad SMARTS) is 1. The lowest BCUT2D eigenvalue weighted by Gasteiger charge is -2.31. The summed E-state index contributed by atoms with van der Waals surface area (Å²) >= 11 is 0. The average Bonchev–Trinajstić information content (AvgIpc) is 2.99. The number of amides is 4. The van der Waals surface area contributed by atoms with Crippen LogP contribution in [0.5, 0.6) is 0 Å². The molecule has 2 fully saturated rings. The van der Waals surface area contributed by atoms with Crippen molar-refractivity contribution in [1.82, 2.24) is 15.5 Å². The van der Waals surface area contributed by atoms with Gasteiger partial charge in [0.2, 0.25) is 11.8 Å². The fourth-order valence-corrected chi connectivity index (χ4v) is 3.67. The van der Waals surface area contributed by atoms with Gasteiger partial charge in [0.1, 0.15) is 6.04 Å². The predicted molar refractivity (Wildman–Crippen MR) is 102 cm³/mol. The molecule has 0 saturated carbocycles. The molecule has 1 unspecified atom stereocenters. The van der Waals surface area contributed by atoms with Crippen LogP contribution in [-0.4, -0.2) is 78.0 Å². The van der Waals surface area contributed by atoms with E-state index in [4.69, 9.17) is 9.90 Å². The van der Waals surface area contributed by atoms with Gasteiger partial charge in [-0.15, -0.1) is 0 Å². The van der Waals surface area contributed by atoms with Gasteiger partial charge in [0.25, 0.3) is 11.8 Å². The number of piperazine rings is 1. The van der Waals surface area contributed by atoms with E-state index in [9.17, 15) is 32.3 Å². The molecule has 3 aliphatic rings. The Balaban J connectivity index is 0.000000360. The molecule has 4 rings (SSSR count). The molecule has 0 spiro atoms. The Hall–Kier alpha value is -3.48. The van der Waals surface area contributed by atoms with Crippen LogP contribution in [0.15, 0.2) is 18.2 Å². The summed E-state index contributed by atoms with van der Waals surface area (Å²) in [4.78, 5) is 61.2. The minimum Gasteiger partial charge on any atom is -0.475 e. The molecule has 1 aromatic carbocycles. The van der Waals surface area contributed by atoms with E-state index in [1.54, 1.807) is 12.1 Å². The van der Waals surface area contributed by atoms with Crippen molar-refractivity contribution in [2.24, 2.45) is 0 Å². The zero-order valence-electron chi connectivity index (χ0n) is 16.6. The summed E-state index contributed by atoms with van der Waals surface area (Å²) in [6.07, 6.45) is -4.80. The molecule has 13 heteroatoms. The van der Waals surface area contributed by atoms with Crippen molar-refractivity contribution in [2.75, 3.05) is 31.1 Å². The molecular formula is C19H19F3N4O6. The first-order chi connectivity index (χ1) is 15.0. The molecule has 32 heavy (non-hydrogen) atoms. The van der Waals surface area contributed by atoms with E-state index in [1.165, 1.54) is 0 Å². The summed E-state index contributed by atoms with van der Waals surface area (Å²) in [6, 6.07) is 4.28. The molecule has 0 bridgehead atoms. The summed E-state index contributed by atoms with van der Waals surface area (Å²) in [5.41, 5.74) is 1.41.